The van der Waals surface area contributed by atoms with E-state index in [1.54, 1.807) is 7.11 Å². The molecule has 1 fully saturated rings. The summed E-state index contributed by atoms with van der Waals surface area (Å²) < 4.78 is 5.29. The molecule has 1 aromatic rings. The summed E-state index contributed by atoms with van der Waals surface area (Å²) in [6, 6.07) is 6.36. The average molecular weight is 219 g/mol. The first-order valence-corrected chi connectivity index (χ1v) is 5.78. The maximum Gasteiger partial charge on any atom is 0.120 e. The molecule has 0 unspecified atom stereocenters. The Labute approximate surface area is 95.8 Å². The van der Waals surface area contributed by atoms with E-state index in [4.69, 9.17) is 4.74 Å². The Morgan fingerprint density at radius 2 is 2.25 bits per heavy atom. The molecule has 1 saturated heterocycles. The molecular weight excluding hydrogens is 202 g/mol. The smallest absolute Gasteiger partial charge is 0.120 e. The number of hydrogen-bond donors (Lipinski definition) is 1. The number of rotatable bonds is 2. The predicted molar refractivity (Wildman–Crippen MR) is 63.6 cm³/mol. The number of hydrazine groups is 1. The molecule has 2 aliphatic rings. The highest BCUT2D eigenvalue weighted by Crippen LogP contribution is 2.32. The summed E-state index contributed by atoms with van der Waals surface area (Å²) in [7, 11) is 1.72. The van der Waals surface area contributed by atoms with Crippen molar-refractivity contribution in [3.63, 3.8) is 0 Å². The lowest BCUT2D eigenvalue weighted by atomic mass is 10.1. The highest BCUT2D eigenvalue weighted by Gasteiger charge is 2.26. The van der Waals surface area contributed by atoms with Gasteiger partial charge in [-0.3, -0.25) is 0 Å². The molecule has 1 aromatic carbocycles. The zero-order chi connectivity index (χ0) is 11.0. The topological polar surface area (TPSA) is 27.7 Å². The molecule has 0 spiro atoms. The molecule has 0 bridgehead atoms. The quantitative estimate of drug-likeness (QED) is 0.797. The van der Waals surface area contributed by atoms with E-state index in [1.807, 2.05) is 6.07 Å². The highest BCUT2D eigenvalue weighted by molar-refractivity contribution is 5.60. The molecule has 16 heavy (non-hydrogen) atoms. The second-order valence-electron chi connectivity index (χ2n) is 4.26. The Bertz CT molecular complexity index is 388. The monoisotopic (exact) mass is 219 g/mol. The first-order chi connectivity index (χ1) is 7.88. The molecule has 3 rings (SSSR count). The van der Waals surface area contributed by atoms with E-state index in [-0.39, 0.29) is 0 Å². The minimum atomic E-state index is 0.942. The lowest BCUT2D eigenvalue weighted by Gasteiger charge is -2.29. The van der Waals surface area contributed by atoms with Crippen molar-refractivity contribution in [3.05, 3.63) is 23.8 Å². The zero-order valence-corrected chi connectivity index (χ0v) is 9.57. The standard InChI is InChI=1S/C12H17N3O/c1-16-11-3-2-10-4-6-15(12(10)8-11)14-7-5-13-9-14/h2-3,8,13H,4-7,9H2,1H3. The van der Waals surface area contributed by atoms with Gasteiger partial charge in [0, 0.05) is 25.7 Å². The van der Waals surface area contributed by atoms with Gasteiger partial charge in [0.25, 0.3) is 0 Å². The van der Waals surface area contributed by atoms with Crippen LogP contribution in [0, 0.1) is 0 Å². The van der Waals surface area contributed by atoms with Gasteiger partial charge >= 0.3 is 0 Å². The summed E-state index contributed by atoms with van der Waals surface area (Å²) in [5, 5.41) is 8.10. The number of benzene rings is 1. The van der Waals surface area contributed by atoms with E-state index in [0.29, 0.717) is 0 Å². The van der Waals surface area contributed by atoms with Gasteiger partial charge in [-0.1, -0.05) is 6.07 Å². The second-order valence-corrected chi connectivity index (χ2v) is 4.26. The Morgan fingerprint density at radius 3 is 3.00 bits per heavy atom. The Kier molecular flexibility index (Phi) is 2.46. The summed E-state index contributed by atoms with van der Waals surface area (Å²) in [4.78, 5) is 0. The van der Waals surface area contributed by atoms with Crippen LogP contribution in [0.15, 0.2) is 18.2 Å². The van der Waals surface area contributed by atoms with Gasteiger partial charge in [0.2, 0.25) is 0 Å². The fourth-order valence-corrected chi connectivity index (χ4v) is 2.46. The Morgan fingerprint density at radius 1 is 1.31 bits per heavy atom. The first kappa shape index (κ1) is 9.93. The maximum absolute atomic E-state index is 5.29. The molecule has 2 aliphatic heterocycles. The van der Waals surface area contributed by atoms with Gasteiger partial charge in [0.05, 0.1) is 19.5 Å². The van der Waals surface area contributed by atoms with Crippen LogP contribution in [0.25, 0.3) is 0 Å². The van der Waals surface area contributed by atoms with Crippen LogP contribution in [0.3, 0.4) is 0 Å². The largest absolute Gasteiger partial charge is 0.497 e. The summed E-state index contributed by atoms with van der Waals surface area (Å²) in [6.45, 7) is 4.22. The number of anilines is 1. The zero-order valence-electron chi connectivity index (χ0n) is 9.57. The summed E-state index contributed by atoms with van der Waals surface area (Å²) >= 11 is 0. The van der Waals surface area contributed by atoms with Crippen molar-refractivity contribution >= 4 is 5.69 Å². The summed E-state index contributed by atoms with van der Waals surface area (Å²) in [5.41, 5.74) is 2.73. The molecule has 1 N–H and O–H groups in total. The fourth-order valence-electron chi connectivity index (χ4n) is 2.46. The SMILES string of the molecule is COc1ccc2c(c1)N(N1CCNC1)CC2. The van der Waals surface area contributed by atoms with Gasteiger partial charge in [-0.05, 0) is 18.1 Å². The molecule has 2 heterocycles. The van der Waals surface area contributed by atoms with E-state index < -0.39 is 0 Å². The molecule has 0 saturated carbocycles. The number of methoxy groups -OCH3 is 1. The van der Waals surface area contributed by atoms with Gasteiger partial charge in [-0.25, -0.2) is 5.01 Å². The van der Waals surface area contributed by atoms with Crippen LogP contribution in [0.1, 0.15) is 5.56 Å². The van der Waals surface area contributed by atoms with E-state index in [0.717, 1.165) is 38.5 Å². The van der Waals surface area contributed by atoms with Crippen LogP contribution in [0.5, 0.6) is 5.75 Å². The highest BCUT2D eigenvalue weighted by atomic mass is 16.5. The fraction of sp³-hybridized carbons (Fsp3) is 0.500. The molecule has 0 aromatic heterocycles. The molecule has 0 radical (unpaired) electrons. The van der Waals surface area contributed by atoms with Crippen molar-refractivity contribution in [1.29, 1.82) is 0 Å². The van der Waals surface area contributed by atoms with Crippen LogP contribution in [-0.4, -0.2) is 38.4 Å². The average Bonchev–Trinajstić information content (AvgIpc) is 2.96. The summed E-state index contributed by atoms with van der Waals surface area (Å²) in [6.07, 6.45) is 1.13. The third kappa shape index (κ3) is 1.54. The molecule has 86 valence electrons. The van der Waals surface area contributed by atoms with Crippen molar-refractivity contribution in [3.8, 4) is 5.75 Å². The maximum atomic E-state index is 5.29. The number of ether oxygens (including phenoxy) is 1. The van der Waals surface area contributed by atoms with Crippen molar-refractivity contribution in [2.24, 2.45) is 0 Å². The van der Waals surface area contributed by atoms with E-state index in [2.05, 4.69) is 27.5 Å². The van der Waals surface area contributed by atoms with Crippen LogP contribution in [0.2, 0.25) is 0 Å². The lowest BCUT2D eigenvalue weighted by molar-refractivity contribution is 0.311. The van der Waals surface area contributed by atoms with Crippen molar-refractivity contribution in [2.75, 3.05) is 38.4 Å². The Hall–Kier alpha value is -1.26. The van der Waals surface area contributed by atoms with Crippen LogP contribution >= 0.6 is 0 Å². The third-order valence-corrected chi connectivity index (χ3v) is 3.35. The molecule has 0 atom stereocenters. The minimum absolute atomic E-state index is 0.942. The van der Waals surface area contributed by atoms with Gasteiger partial charge < -0.3 is 15.1 Å². The molecule has 4 heteroatoms. The van der Waals surface area contributed by atoms with Crippen molar-refractivity contribution in [2.45, 2.75) is 6.42 Å². The van der Waals surface area contributed by atoms with Gasteiger partial charge in [0.1, 0.15) is 5.75 Å². The van der Waals surface area contributed by atoms with Gasteiger partial charge in [-0.2, -0.15) is 0 Å². The predicted octanol–water partition coefficient (Wildman–Crippen LogP) is 0.835. The molecule has 0 amide bonds. The van der Waals surface area contributed by atoms with E-state index >= 15 is 0 Å². The molecule has 0 aliphatic carbocycles. The number of nitrogens with zero attached hydrogens (tertiary/aromatic N) is 2. The number of hydrogen-bond acceptors (Lipinski definition) is 4. The van der Waals surface area contributed by atoms with Crippen molar-refractivity contribution in [1.82, 2.24) is 10.3 Å². The normalized spacial score (nSPS) is 20.2. The molecular formula is C12H17N3O. The summed E-state index contributed by atoms with van der Waals surface area (Å²) in [5.74, 6) is 0.942. The van der Waals surface area contributed by atoms with Crippen LogP contribution in [-0.2, 0) is 6.42 Å². The second kappa shape index (κ2) is 3.96. The molecule has 4 nitrogen and oxygen atoms in total. The number of nitrogens with one attached hydrogen (secondary N) is 1. The minimum Gasteiger partial charge on any atom is -0.497 e. The van der Waals surface area contributed by atoms with Gasteiger partial charge in [-0.15, -0.1) is 0 Å². The lowest BCUT2D eigenvalue weighted by Crippen LogP contribution is -2.40. The van der Waals surface area contributed by atoms with E-state index in [9.17, 15) is 0 Å². The third-order valence-electron chi connectivity index (χ3n) is 3.35. The van der Waals surface area contributed by atoms with E-state index in [1.165, 1.54) is 11.3 Å². The number of fused-ring (bicyclic) bond motifs is 1. The van der Waals surface area contributed by atoms with Gasteiger partial charge in [0.15, 0.2) is 0 Å². The Balaban J connectivity index is 1.90. The van der Waals surface area contributed by atoms with Crippen LogP contribution < -0.4 is 15.1 Å². The van der Waals surface area contributed by atoms with Crippen molar-refractivity contribution < 1.29 is 4.74 Å². The van der Waals surface area contributed by atoms with Crippen LogP contribution in [0.4, 0.5) is 5.69 Å². The first-order valence-electron chi connectivity index (χ1n) is 5.78.